The van der Waals surface area contributed by atoms with E-state index in [1.54, 1.807) is 117 Å². The second-order valence-corrected chi connectivity index (χ2v) is 28.3. The summed E-state index contributed by atoms with van der Waals surface area (Å²) in [6.07, 6.45) is 0.217. The third-order valence-electron chi connectivity index (χ3n) is 16.7. The predicted molar refractivity (Wildman–Crippen MR) is 378 cm³/mol. The number of hydrogen-bond donors (Lipinski definition) is 2. The van der Waals surface area contributed by atoms with Crippen LogP contribution < -0.4 is 44.5 Å². The number of amides is 3. The molecule has 0 spiro atoms. The van der Waals surface area contributed by atoms with Gasteiger partial charge in [-0.05, 0) is 125 Å². The van der Waals surface area contributed by atoms with E-state index >= 15 is 9.59 Å². The van der Waals surface area contributed by atoms with E-state index in [2.05, 4.69) is 20.8 Å². The van der Waals surface area contributed by atoms with Gasteiger partial charge in [-0.3, -0.25) is 29.4 Å². The molecule has 2 N–H and O–H groups in total. The van der Waals surface area contributed by atoms with Crippen LogP contribution in [-0.2, 0) is 87.3 Å². The number of aromatic nitrogens is 2. The van der Waals surface area contributed by atoms with E-state index in [4.69, 9.17) is 52.2 Å². The van der Waals surface area contributed by atoms with Gasteiger partial charge in [0, 0.05) is 48.4 Å². The fraction of sp³-hybridized carbons (Fsp3) is 0.392. The Morgan fingerprint density at radius 2 is 1.21 bits per heavy atom. The molecular weight excluding hydrogens is 1340 g/mol. The quantitative estimate of drug-likeness (QED) is 0.0110. The van der Waals surface area contributed by atoms with Crippen LogP contribution in [0.25, 0.3) is 10.9 Å². The SMILES string of the molecule is CCn1cc(C[N+]2(CC3=C(C(=O)OCc4ccc(OC)cc4)N4C(=O)[C@@H](NC(=O)/C(=N\O[C@@H](CC(=O)OC(C)(C)C)C(=O)OCc5ccc(OC)cc5)c5csc(NC(=O)OC(C)(C)C)n5)[C@H]4SC3)CCCC2)c(=O)c2cc(OCc3ccc(OC)cc3)c(OCc3ccc(OC)cc3)cc21. The lowest BCUT2D eigenvalue weighted by Gasteiger charge is -2.50. The van der Waals surface area contributed by atoms with E-state index in [9.17, 15) is 24.0 Å². The van der Waals surface area contributed by atoms with Crippen LogP contribution in [0.15, 0.2) is 142 Å². The zero-order valence-electron chi connectivity index (χ0n) is 58.4. The first-order chi connectivity index (χ1) is 48.3. The number of ether oxygens (including phenoxy) is 10. The number of thiazole rings is 1. The predicted octanol–water partition coefficient (Wildman–Crippen LogP) is 10.8. The molecule has 101 heavy (non-hydrogen) atoms. The van der Waals surface area contributed by atoms with Gasteiger partial charge < -0.3 is 66.6 Å². The van der Waals surface area contributed by atoms with Crippen molar-refractivity contribution < 1.29 is 85.5 Å². The molecule has 0 unspecified atom stereocenters. The van der Waals surface area contributed by atoms with Crippen molar-refractivity contribution in [2.75, 3.05) is 59.1 Å². The summed E-state index contributed by atoms with van der Waals surface area (Å²) in [5.74, 6) is -0.728. The molecule has 3 aliphatic rings. The van der Waals surface area contributed by atoms with Gasteiger partial charge in [0.05, 0.1) is 64.4 Å². The number of esters is 3. The molecule has 3 atom stereocenters. The summed E-state index contributed by atoms with van der Waals surface area (Å²) in [6.45, 7) is 14.3. The number of rotatable bonds is 29. The second-order valence-electron chi connectivity index (χ2n) is 26.4. The standard InChI is InChI=1S/C74H83N7O18S2/c1-12-79-36-49(65(83)55-33-58(93-39-45-15-23-51(89-8)24-16-45)59(34-57(55)79)94-40-46-17-25-52(90-9)26-18-46)37-81(31-13-14-32-81)38-50-43-100-68-63(67(85)80(68)64(50)70(87)96-42-48-21-29-54(92-11)30-22-48)76-66(84)62(56-44-101-71(75-56)77-72(88)98-74(5,6)7)78-99-60(35-61(82)97-73(2,3)4)69(86)95-41-47-19-27-53(91-10)28-20-47/h15-30,33-34,36,44,60,63,68H,12-14,31-32,35,37-43H2,1-11H3,(H-,75,76,77,84,88)/p+1/b78-62-/t60-,63+,68+/m0/s1. The van der Waals surface area contributed by atoms with Gasteiger partial charge in [0.1, 0.15) is 96.5 Å². The maximum atomic E-state index is 15.3. The molecule has 2 aromatic heterocycles. The third kappa shape index (κ3) is 18.9. The normalized spacial score (nSPS) is 16.0. The molecular formula is C74H84N7O18S2+. The van der Waals surface area contributed by atoms with Crippen LogP contribution in [0.1, 0.15) is 101 Å². The van der Waals surface area contributed by atoms with E-state index < -0.39 is 76.7 Å². The van der Waals surface area contributed by atoms with Crippen LogP contribution >= 0.6 is 23.1 Å². The summed E-state index contributed by atoms with van der Waals surface area (Å²) in [5.41, 5.74) is 2.03. The van der Waals surface area contributed by atoms with Crippen molar-refractivity contribution in [3.63, 3.8) is 0 Å². The van der Waals surface area contributed by atoms with E-state index in [-0.39, 0.29) is 67.2 Å². The molecule has 7 aromatic rings. The largest absolute Gasteiger partial charge is 0.497 e. The molecule has 5 heterocycles. The summed E-state index contributed by atoms with van der Waals surface area (Å²) >= 11 is 2.23. The lowest BCUT2D eigenvalue weighted by Crippen LogP contribution is -2.71. The summed E-state index contributed by atoms with van der Waals surface area (Å²) in [4.78, 5) is 112. The molecule has 2 saturated heterocycles. The fourth-order valence-corrected chi connectivity index (χ4v) is 13.7. The van der Waals surface area contributed by atoms with E-state index in [0.717, 1.165) is 35.3 Å². The van der Waals surface area contributed by atoms with Gasteiger partial charge in [-0.25, -0.2) is 19.4 Å². The van der Waals surface area contributed by atoms with Crippen LogP contribution in [0.4, 0.5) is 9.93 Å². The van der Waals surface area contributed by atoms with Gasteiger partial charge in [-0.15, -0.1) is 23.1 Å². The lowest BCUT2D eigenvalue weighted by molar-refractivity contribution is -0.925. The molecule has 5 aromatic carbocycles. The lowest BCUT2D eigenvalue weighted by atomic mass is 10.0. The average molecular weight is 1420 g/mol. The van der Waals surface area contributed by atoms with Gasteiger partial charge in [-0.2, -0.15) is 0 Å². The minimum atomic E-state index is -1.78. The molecule has 534 valence electrons. The fourth-order valence-electron chi connectivity index (χ4n) is 11.7. The molecule has 0 radical (unpaired) electrons. The number of oxime groups is 1. The Labute approximate surface area is 593 Å². The smallest absolute Gasteiger partial charge is 0.413 e. The zero-order valence-corrected chi connectivity index (χ0v) is 60.0. The average Bonchev–Trinajstić information content (AvgIpc) is 1.27. The molecule has 10 rings (SSSR count). The van der Waals surface area contributed by atoms with Crippen molar-refractivity contribution in [3.8, 4) is 34.5 Å². The number of benzene rings is 5. The van der Waals surface area contributed by atoms with Crippen LogP contribution in [-0.4, -0.2) is 143 Å². The maximum Gasteiger partial charge on any atom is 0.413 e. The Morgan fingerprint density at radius 3 is 1.73 bits per heavy atom. The monoisotopic (exact) mass is 1420 g/mol. The molecule has 25 nitrogen and oxygen atoms in total. The number of quaternary nitrogens is 1. The molecule has 27 heteroatoms. The van der Waals surface area contributed by atoms with Crippen molar-refractivity contribution in [1.29, 1.82) is 0 Å². The van der Waals surface area contributed by atoms with Crippen LogP contribution in [0.3, 0.4) is 0 Å². The number of hydrogen-bond acceptors (Lipinski definition) is 22. The minimum Gasteiger partial charge on any atom is -0.497 e. The second kappa shape index (κ2) is 32.5. The van der Waals surface area contributed by atoms with Crippen molar-refractivity contribution in [1.82, 2.24) is 19.8 Å². The Bertz CT molecular complexity index is 4270. The van der Waals surface area contributed by atoms with E-state index in [1.807, 2.05) is 72.3 Å². The van der Waals surface area contributed by atoms with Gasteiger partial charge in [0.2, 0.25) is 6.10 Å². The van der Waals surface area contributed by atoms with Crippen LogP contribution in [0.5, 0.6) is 34.5 Å². The Hall–Kier alpha value is -10.1. The summed E-state index contributed by atoms with van der Waals surface area (Å²) in [5, 5.41) is 10.4. The number of nitrogens with one attached hydrogen (secondary N) is 2. The Kier molecular flexibility index (Phi) is 23.7. The number of pyridine rings is 1. The Morgan fingerprint density at radius 1 is 0.683 bits per heavy atom. The van der Waals surface area contributed by atoms with E-state index in [1.165, 1.54) is 29.2 Å². The number of carbonyl (C=O) groups is 6. The minimum absolute atomic E-state index is 0.0140. The van der Waals surface area contributed by atoms with E-state index in [0.29, 0.717) is 91.8 Å². The number of anilines is 1. The van der Waals surface area contributed by atoms with Crippen molar-refractivity contribution in [3.05, 3.63) is 176 Å². The molecule has 0 bridgehead atoms. The summed E-state index contributed by atoms with van der Waals surface area (Å²) < 4.78 is 59.5. The summed E-state index contributed by atoms with van der Waals surface area (Å²) in [6, 6.07) is 31.1. The number of aryl methyl sites for hydroxylation is 1. The van der Waals surface area contributed by atoms with Crippen molar-refractivity contribution in [2.24, 2.45) is 5.16 Å². The molecule has 0 aliphatic carbocycles. The zero-order chi connectivity index (χ0) is 72.2. The first kappa shape index (κ1) is 73.6. The molecule has 2 fully saturated rings. The van der Waals surface area contributed by atoms with Gasteiger partial charge in [-0.1, -0.05) is 53.7 Å². The van der Waals surface area contributed by atoms with Crippen LogP contribution in [0, 0.1) is 0 Å². The number of carbonyl (C=O) groups excluding carboxylic acids is 6. The maximum absolute atomic E-state index is 15.3. The molecule has 3 aliphatic heterocycles. The number of likely N-dealkylation sites (tertiary alicyclic amines) is 1. The number of thioether (sulfide) groups is 1. The summed E-state index contributed by atoms with van der Waals surface area (Å²) in [7, 11) is 6.27. The highest BCUT2D eigenvalue weighted by Crippen LogP contribution is 2.43. The number of fused-ring (bicyclic) bond motifs is 2. The number of β-lactam (4-membered cyclic amide) rings is 1. The highest BCUT2D eigenvalue weighted by atomic mass is 32.2. The molecule has 0 saturated carbocycles. The molecule has 3 amide bonds. The van der Waals surface area contributed by atoms with Crippen molar-refractivity contribution >= 4 is 80.7 Å². The highest BCUT2D eigenvalue weighted by molar-refractivity contribution is 8.00. The number of nitrogens with zero attached hydrogens (tertiary/aromatic N) is 5. The highest BCUT2D eigenvalue weighted by Gasteiger charge is 2.56. The topological polar surface area (TPSA) is 278 Å². The Balaban J connectivity index is 0.960. The van der Waals surface area contributed by atoms with Crippen LogP contribution in [0.2, 0.25) is 0 Å². The first-order valence-electron chi connectivity index (χ1n) is 32.9. The first-order valence-corrected chi connectivity index (χ1v) is 34.8. The van der Waals surface area contributed by atoms with Crippen molar-refractivity contribution in [2.45, 2.75) is 136 Å². The third-order valence-corrected chi connectivity index (χ3v) is 18.8. The number of methoxy groups -OCH3 is 4. The van der Waals surface area contributed by atoms with Gasteiger partial charge in [0.15, 0.2) is 27.8 Å². The van der Waals surface area contributed by atoms with Gasteiger partial charge in [0.25, 0.3) is 11.8 Å². The van der Waals surface area contributed by atoms with Gasteiger partial charge >= 0.3 is 24.0 Å².